The van der Waals surface area contributed by atoms with Crippen LogP contribution in [0.2, 0.25) is 0 Å². The van der Waals surface area contributed by atoms with Crippen molar-refractivity contribution in [1.82, 2.24) is 0 Å². The van der Waals surface area contributed by atoms with E-state index in [2.05, 4.69) is 9.12 Å². The average Bonchev–Trinajstić information content (AvgIpc) is 2.60. The molecule has 0 unspecified atom stereocenters. The minimum absolute atomic E-state index is 0.0898. The molecule has 0 heterocycles. The van der Waals surface area contributed by atoms with Gasteiger partial charge < -0.3 is 4.18 Å². The van der Waals surface area contributed by atoms with Gasteiger partial charge in [0.25, 0.3) is 0 Å². The topological polar surface area (TPSA) is 93.5 Å². The number of nitriles is 1. The normalized spacial score (nSPS) is 11.5. The highest BCUT2D eigenvalue weighted by Crippen LogP contribution is 2.31. The van der Waals surface area contributed by atoms with Crippen molar-refractivity contribution in [2.24, 2.45) is 0 Å². The third-order valence-corrected chi connectivity index (χ3v) is 4.07. The molecule has 11 heteroatoms. The molecule has 0 bridgehead atoms. The second kappa shape index (κ2) is 7.01. The molecule has 136 valence electrons. The third-order valence-electron chi connectivity index (χ3n) is 3.11. The first-order valence-corrected chi connectivity index (χ1v) is 7.98. The molecule has 0 radical (unpaired) electrons. The Bertz CT molecular complexity index is 979. The van der Waals surface area contributed by atoms with E-state index < -0.39 is 32.9 Å². The lowest BCUT2D eigenvalue weighted by Gasteiger charge is -2.11. The summed E-state index contributed by atoms with van der Waals surface area (Å²) in [5, 5.41) is 9.03. The number of hydrogen-bond acceptors (Lipinski definition) is 6. The van der Waals surface area contributed by atoms with E-state index in [0.29, 0.717) is 11.1 Å². The van der Waals surface area contributed by atoms with E-state index in [4.69, 9.17) is 5.26 Å². The van der Waals surface area contributed by atoms with E-state index in [1.54, 1.807) is 0 Å². The Hall–Kier alpha value is -3.13. The molecule has 0 spiro atoms. The van der Waals surface area contributed by atoms with Crippen LogP contribution in [0.1, 0.15) is 15.9 Å². The minimum Gasteiger partial charge on any atom is -0.375 e. The maximum Gasteiger partial charge on any atom is 0.534 e. The van der Waals surface area contributed by atoms with E-state index in [1.807, 2.05) is 0 Å². The van der Waals surface area contributed by atoms with E-state index in [0.717, 1.165) is 12.1 Å². The van der Waals surface area contributed by atoms with Crippen LogP contribution >= 0.6 is 0 Å². The van der Waals surface area contributed by atoms with Crippen molar-refractivity contribution >= 4 is 16.1 Å². The number of alkyl halides is 3. The summed E-state index contributed by atoms with van der Waals surface area (Å²) < 4.78 is 75.0. The lowest BCUT2D eigenvalue weighted by Crippen LogP contribution is -2.28. The molecule has 26 heavy (non-hydrogen) atoms. The summed E-state index contributed by atoms with van der Waals surface area (Å²) in [6, 6.07) is 9.93. The fourth-order valence-electron chi connectivity index (χ4n) is 1.88. The summed E-state index contributed by atoms with van der Waals surface area (Å²) in [5.41, 5.74) is -5.45. The fraction of sp³-hybridized carbons (Fsp3) is 0.0667. The smallest absolute Gasteiger partial charge is 0.375 e. The van der Waals surface area contributed by atoms with Crippen LogP contribution in [0.25, 0.3) is 11.1 Å². The fourth-order valence-corrected chi connectivity index (χ4v) is 2.35. The SMILES string of the molecule is N#Cc1cc(-c2ccc(C(=O)OF)cc2)ccc1OS(=O)(=O)C(F)(F)F. The van der Waals surface area contributed by atoms with Gasteiger partial charge in [0.2, 0.25) is 0 Å². The molecule has 2 aromatic carbocycles. The van der Waals surface area contributed by atoms with Gasteiger partial charge in [-0.25, -0.2) is 9.74 Å². The molecule has 0 aliphatic rings. The van der Waals surface area contributed by atoms with Gasteiger partial charge in [-0.15, -0.1) is 0 Å². The molecule has 0 aromatic heterocycles. The van der Waals surface area contributed by atoms with Gasteiger partial charge in [-0.2, -0.15) is 26.9 Å². The number of benzene rings is 2. The lowest BCUT2D eigenvalue weighted by atomic mass is 10.0. The summed E-state index contributed by atoms with van der Waals surface area (Å²) in [4.78, 5) is 14.1. The highest BCUT2D eigenvalue weighted by molar-refractivity contribution is 7.88. The molecule has 0 aliphatic heterocycles. The van der Waals surface area contributed by atoms with Gasteiger partial charge >= 0.3 is 21.6 Å². The van der Waals surface area contributed by atoms with Crippen molar-refractivity contribution in [1.29, 1.82) is 5.26 Å². The van der Waals surface area contributed by atoms with Crippen molar-refractivity contribution in [3.63, 3.8) is 0 Å². The van der Waals surface area contributed by atoms with Gasteiger partial charge in [-0.3, -0.25) is 0 Å². The average molecular weight is 389 g/mol. The second-order valence-corrected chi connectivity index (χ2v) is 6.29. The standard InChI is InChI=1S/C15H7F4NO5S/c16-15(17,18)26(22,23)25-13-6-5-11(7-12(13)8-20)9-1-3-10(4-2-9)14(21)24-19/h1-7H. The van der Waals surface area contributed by atoms with Gasteiger partial charge in [0.1, 0.15) is 6.07 Å². The quantitative estimate of drug-likeness (QED) is 0.451. The number of rotatable bonds is 4. The zero-order valence-corrected chi connectivity index (χ0v) is 13.3. The molecule has 6 nitrogen and oxygen atoms in total. The largest absolute Gasteiger partial charge is 0.534 e. The Balaban J connectivity index is 2.38. The van der Waals surface area contributed by atoms with Gasteiger partial charge in [0.05, 0.1) is 11.1 Å². The van der Waals surface area contributed by atoms with Crippen LogP contribution in [-0.4, -0.2) is 19.9 Å². The predicted octanol–water partition coefficient (Wildman–Crippen LogP) is 3.49. The first-order valence-electron chi connectivity index (χ1n) is 6.57. The monoisotopic (exact) mass is 389 g/mol. The molecule has 0 aliphatic carbocycles. The maximum atomic E-state index is 12.4. The summed E-state index contributed by atoms with van der Waals surface area (Å²) in [5.74, 6) is -2.00. The summed E-state index contributed by atoms with van der Waals surface area (Å²) in [6.45, 7) is 0. The maximum absolute atomic E-state index is 12.4. The van der Waals surface area contributed by atoms with Crippen LogP contribution in [-0.2, 0) is 15.1 Å². The molecule has 0 fully saturated rings. The molecule has 0 saturated heterocycles. The molecular formula is C15H7F4NO5S. The number of halogens is 4. The molecule has 2 aromatic rings. The summed E-state index contributed by atoms with van der Waals surface area (Å²) in [6.07, 6.45) is 0. The van der Waals surface area contributed by atoms with E-state index in [9.17, 15) is 30.9 Å². The van der Waals surface area contributed by atoms with E-state index in [-0.39, 0.29) is 5.56 Å². The molecule has 0 N–H and O–H groups in total. The van der Waals surface area contributed by atoms with Gasteiger partial charge in [0, 0.05) is 4.53 Å². The second-order valence-electron chi connectivity index (χ2n) is 4.75. The van der Waals surface area contributed by atoms with Crippen LogP contribution in [0.15, 0.2) is 42.5 Å². The van der Waals surface area contributed by atoms with Gasteiger partial charge in [-0.05, 0) is 35.4 Å². The summed E-state index contributed by atoms with van der Waals surface area (Å²) in [7, 11) is -5.92. The molecular weight excluding hydrogens is 382 g/mol. The number of carbonyl (C=O) groups is 1. The molecule has 0 atom stereocenters. The Kier molecular flexibility index (Phi) is 5.17. The number of carbonyl (C=O) groups excluding carboxylic acids is 1. The Morgan fingerprint density at radius 1 is 1.04 bits per heavy atom. The van der Waals surface area contributed by atoms with Crippen LogP contribution in [0.4, 0.5) is 17.7 Å². The van der Waals surface area contributed by atoms with Crippen LogP contribution < -0.4 is 4.18 Å². The Morgan fingerprint density at radius 2 is 1.62 bits per heavy atom. The van der Waals surface area contributed by atoms with Crippen molar-refractivity contribution in [2.75, 3.05) is 0 Å². The van der Waals surface area contributed by atoms with Crippen molar-refractivity contribution in [3.8, 4) is 22.9 Å². The third kappa shape index (κ3) is 3.92. The number of nitrogens with zero attached hydrogens (tertiary/aromatic N) is 1. The molecule has 0 amide bonds. The van der Waals surface area contributed by atoms with Gasteiger partial charge in [-0.1, -0.05) is 18.2 Å². The van der Waals surface area contributed by atoms with Crippen LogP contribution in [0.5, 0.6) is 5.75 Å². The van der Waals surface area contributed by atoms with Crippen molar-refractivity contribution < 1.29 is 40.0 Å². The predicted molar refractivity (Wildman–Crippen MR) is 78.7 cm³/mol. The zero-order valence-electron chi connectivity index (χ0n) is 12.5. The van der Waals surface area contributed by atoms with Gasteiger partial charge in [0.15, 0.2) is 5.75 Å². The van der Waals surface area contributed by atoms with Crippen molar-refractivity contribution in [3.05, 3.63) is 53.6 Å². The minimum atomic E-state index is -5.92. The highest BCUT2D eigenvalue weighted by atomic mass is 32.2. The molecule has 0 saturated carbocycles. The first kappa shape index (κ1) is 19.2. The zero-order chi connectivity index (χ0) is 19.5. The van der Waals surface area contributed by atoms with Crippen LogP contribution in [0.3, 0.4) is 0 Å². The van der Waals surface area contributed by atoms with Crippen LogP contribution in [0, 0.1) is 11.3 Å². The number of hydrogen-bond donors (Lipinski definition) is 0. The first-order chi connectivity index (χ1) is 12.1. The highest BCUT2D eigenvalue weighted by Gasteiger charge is 2.48. The molecule has 2 rings (SSSR count). The Morgan fingerprint density at radius 3 is 2.12 bits per heavy atom. The Labute approximate surface area is 144 Å². The lowest BCUT2D eigenvalue weighted by molar-refractivity contribution is -0.0788. The summed E-state index contributed by atoms with van der Waals surface area (Å²) >= 11 is 0. The van der Waals surface area contributed by atoms with Crippen molar-refractivity contribution in [2.45, 2.75) is 5.51 Å². The van der Waals surface area contributed by atoms with E-state index in [1.165, 1.54) is 36.4 Å². The van der Waals surface area contributed by atoms with E-state index >= 15 is 0 Å².